The highest BCUT2D eigenvalue weighted by atomic mass is 16.5. The Kier molecular flexibility index (Phi) is 5.16. The van der Waals surface area contributed by atoms with Gasteiger partial charge in [0.15, 0.2) is 11.5 Å². The number of methoxy groups -OCH3 is 1. The molecule has 0 aliphatic rings. The Balaban J connectivity index is 2.05. The molecule has 0 aliphatic carbocycles. The van der Waals surface area contributed by atoms with Crippen molar-refractivity contribution in [3.8, 4) is 22.9 Å². The summed E-state index contributed by atoms with van der Waals surface area (Å²) in [6.45, 7) is 2.86. The predicted molar refractivity (Wildman–Crippen MR) is 79.1 cm³/mol. The molecule has 2 aromatic rings. The first-order chi connectivity index (χ1) is 10.1. The summed E-state index contributed by atoms with van der Waals surface area (Å²) in [7, 11) is 1.50. The minimum Gasteiger partial charge on any atom is -0.504 e. The van der Waals surface area contributed by atoms with Crippen LogP contribution in [0.15, 0.2) is 22.7 Å². The number of rotatable bonds is 7. The molecule has 1 unspecified atom stereocenters. The van der Waals surface area contributed by atoms with E-state index in [1.807, 2.05) is 0 Å². The standard InChI is InChI=1S/C15H21N3O3/c1-10(7-8-16)3-6-14-17-15(18-21-14)11-4-5-12(19)13(9-11)20-2/h4-5,9-10,19H,3,6-8,16H2,1-2H3. The predicted octanol–water partition coefficient (Wildman–Crippen LogP) is 2.37. The Labute approximate surface area is 123 Å². The number of hydrogen-bond donors (Lipinski definition) is 2. The number of phenolic OH excluding ortho intramolecular Hbond substituents is 1. The molecule has 0 bridgehead atoms. The number of phenols is 1. The van der Waals surface area contributed by atoms with Crippen LogP contribution in [0.4, 0.5) is 0 Å². The lowest BCUT2D eigenvalue weighted by Crippen LogP contribution is -2.06. The molecule has 21 heavy (non-hydrogen) atoms. The quantitative estimate of drug-likeness (QED) is 0.813. The first-order valence-corrected chi connectivity index (χ1v) is 7.04. The van der Waals surface area contributed by atoms with Gasteiger partial charge in [-0.2, -0.15) is 4.98 Å². The van der Waals surface area contributed by atoms with Crippen LogP contribution in [0.25, 0.3) is 11.4 Å². The van der Waals surface area contributed by atoms with Crippen molar-refractivity contribution in [2.75, 3.05) is 13.7 Å². The maximum atomic E-state index is 9.58. The number of ether oxygens (including phenoxy) is 1. The van der Waals surface area contributed by atoms with Crippen molar-refractivity contribution in [3.63, 3.8) is 0 Å². The second-order valence-electron chi connectivity index (χ2n) is 5.12. The van der Waals surface area contributed by atoms with Gasteiger partial charge in [-0.15, -0.1) is 0 Å². The lowest BCUT2D eigenvalue weighted by atomic mass is 10.0. The van der Waals surface area contributed by atoms with Crippen LogP contribution in [0.3, 0.4) is 0 Å². The van der Waals surface area contributed by atoms with E-state index in [-0.39, 0.29) is 5.75 Å². The second kappa shape index (κ2) is 7.08. The van der Waals surface area contributed by atoms with Crippen molar-refractivity contribution in [2.45, 2.75) is 26.2 Å². The first-order valence-electron chi connectivity index (χ1n) is 7.04. The summed E-state index contributed by atoms with van der Waals surface area (Å²) in [5.74, 6) is 2.12. The van der Waals surface area contributed by atoms with Gasteiger partial charge in [0, 0.05) is 12.0 Å². The molecule has 0 aliphatic heterocycles. The minimum absolute atomic E-state index is 0.0839. The second-order valence-corrected chi connectivity index (χ2v) is 5.12. The van der Waals surface area contributed by atoms with Crippen LogP contribution in [-0.2, 0) is 6.42 Å². The molecular formula is C15H21N3O3. The molecule has 0 fully saturated rings. The Morgan fingerprint density at radius 3 is 2.90 bits per heavy atom. The zero-order chi connectivity index (χ0) is 15.2. The normalized spacial score (nSPS) is 12.3. The fourth-order valence-corrected chi connectivity index (χ4v) is 2.09. The van der Waals surface area contributed by atoms with Gasteiger partial charge < -0.3 is 20.1 Å². The molecule has 0 saturated heterocycles. The lowest BCUT2D eigenvalue weighted by molar-refractivity contribution is 0.362. The number of benzene rings is 1. The monoisotopic (exact) mass is 291 g/mol. The fourth-order valence-electron chi connectivity index (χ4n) is 2.09. The van der Waals surface area contributed by atoms with E-state index in [1.165, 1.54) is 7.11 Å². The van der Waals surface area contributed by atoms with Gasteiger partial charge in [-0.05, 0) is 43.5 Å². The van der Waals surface area contributed by atoms with Crippen LogP contribution < -0.4 is 10.5 Å². The van der Waals surface area contributed by atoms with Crippen molar-refractivity contribution in [1.29, 1.82) is 0 Å². The van der Waals surface area contributed by atoms with Gasteiger partial charge in [0.25, 0.3) is 0 Å². The van der Waals surface area contributed by atoms with Crippen LogP contribution in [-0.4, -0.2) is 28.9 Å². The van der Waals surface area contributed by atoms with Crippen molar-refractivity contribution in [3.05, 3.63) is 24.1 Å². The molecule has 6 nitrogen and oxygen atoms in total. The highest BCUT2D eigenvalue weighted by molar-refractivity contribution is 5.60. The van der Waals surface area contributed by atoms with Crippen LogP contribution in [0.5, 0.6) is 11.5 Å². The molecule has 1 aromatic heterocycles. The van der Waals surface area contributed by atoms with Crippen LogP contribution in [0, 0.1) is 5.92 Å². The summed E-state index contributed by atoms with van der Waals surface area (Å²) in [6, 6.07) is 4.96. The smallest absolute Gasteiger partial charge is 0.226 e. The first kappa shape index (κ1) is 15.3. The van der Waals surface area contributed by atoms with Crippen molar-refractivity contribution >= 4 is 0 Å². The molecule has 2 rings (SSSR count). The number of aromatic nitrogens is 2. The number of aromatic hydroxyl groups is 1. The largest absolute Gasteiger partial charge is 0.504 e. The highest BCUT2D eigenvalue weighted by Crippen LogP contribution is 2.30. The topological polar surface area (TPSA) is 94.4 Å². The number of aryl methyl sites for hydroxylation is 1. The molecule has 6 heteroatoms. The molecule has 1 aromatic carbocycles. The summed E-state index contributed by atoms with van der Waals surface area (Å²) in [4.78, 5) is 4.37. The minimum atomic E-state index is 0.0839. The van der Waals surface area contributed by atoms with E-state index >= 15 is 0 Å². The molecule has 114 valence electrons. The Morgan fingerprint density at radius 1 is 1.38 bits per heavy atom. The Hall–Kier alpha value is -2.08. The average Bonchev–Trinajstić information content (AvgIpc) is 2.95. The van der Waals surface area contributed by atoms with Crippen LogP contribution in [0.2, 0.25) is 0 Å². The summed E-state index contributed by atoms with van der Waals surface area (Å²) >= 11 is 0. The van der Waals surface area contributed by atoms with Gasteiger partial charge in [0.1, 0.15) is 0 Å². The average molecular weight is 291 g/mol. The van der Waals surface area contributed by atoms with Gasteiger partial charge >= 0.3 is 0 Å². The number of nitrogens with two attached hydrogens (primary N) is 1. The van der Waals surface area contributed by atoms with Crippen molar-refractivity contribution in [1.82, 2.24) is 10.1 Å². The van der Waals surface area contributed by atoms with Gasteiger partial charge in [-0.25, -0.2) is 0 Å². The molecule has 0 radical (unpaired) electrons. The molecule has 0 spiro atoms. The van der Waals surface area contributed by atoms with E-state index in [0.717, 1.165) is 24.8 Å². The van der Waals surface area contributed by atoms with Gasteiger partial charge in [-0.3, -0.25) is 0 Å². The van der Waals surface area contributed by atoms with E-state index in [4.69, 9.17) is 15.0 Å². The molecule has 0 amide bonds. The summed E-state index contributed by atoms with van der Waals surface area (Å²) in [6.07, 6.45) is 2.71. The van der Waals surface area contributed by atoms with E-state index < -0.39 is 0 Å². The Bertz CT molecular complexity index is 583. The molecule has 1 heterocycles. The van der Waals surface area contributed by atoms with E-state index in [9.17, 15) is 5.11 Å². The van der Waals surface area contributed by atoms with Crippen LogP contribution >= 0.6 is 0 Å². The van der Waals surface area contributed by atoms with Gasteiger partial charge in [0.05, 0.1) is 7.11 Å². The number of hydrogen-bond acceptors (Lipinski definition) is 6. The zero-order valence-corrected chi connectivity index (χ0v) is 12.4. The zero-order valence-electron chi connectivity index (χ0n) is 12.4. The van der Waals surface area contributed by atoms with Gasteiger partial charge in [-0.1, -0.05) is 12.1 Å². The molecule has 1 atom stereocenters. The van der Waals surface area contributed by atoms with E-state index in [1.54, 1.807) is 18.2 Å². The third kappa shape index (κ3) is 3.95. The third-order valence-electron chi connectivity index (χ3n) is 3.42. The fraction of sp³-hybridized carbons (Fsp3) is 0.467. The number of nitrogens with zero attached hydrogens (tertiary/aromatic N) is 2. The lowest BCUT2D eigenvalue weighted by Gasteiger charge is -2.06. The molecule has 0 saturated carbocycles. The van der Waals surface area contributed by atoms with Gasteiger partial charge in [0.2, 0.25) is 11.7 Å². The maximum absolute atomic E-state index is 9.58. The maximum Gasteiger partial charge on any atom is 0.226 e. The van der Waals surface area contributed by atoms with E-state index in [0.29, 0.717) is 29.9 Å². The Morgan fingerprint density at radius 2 is 2.19 bits per heavy atom. The summed E-state index contributed by atoms with van der Waals surface area (Å²) in [5, 5.41) is 13.6. The third-order valence-corrected chi connectivity index (χ3v) is 3.42. The summed E-state index contributed by atoms with van der Waals surface area (Å²) < 4.78 is 10.3. The van der Waals surface area contributed by atoms with Crippen LogP contribution in [0.1, 0.15) is 25.7 Å². The highest BCUT2D eigenvalue weighted by Gasteiger charge is 2.12. The van der Waals surface area contributed by atoms with E-state index in [2.05, 4.69) is 17.1 Å². The SMILES string of the molecule is COc1cc(-c2noc(CCC(C)CCN)n2)ccc1O. The molecular weight excluding hydrogens is 270 g/mol. The van der Waals surface area contributed by atoms with Crippen molar-refractivity contribution in [2.24, 2.45) is 11.7 Å². The molecule has 3 N–H and O–H groups in total. The summed E-state index contributed by atoms with van der Waals surface area (Å²) in [5.41, 5.74) is 6.28. The van der Waals surface area contributed by atoms with Crippen molar-refractivity contribution < 1.29 is 14.4 Å².